The Morgan fingerprint density at radius 3 is 2.26 bits per heavy atom. The van der Waals surface area contributed by atoms with Gasteiger partial charge in [-0.15, -0.1) is 16.8 Å². The fourth-order valence-corrected chi connectivity index (χ4v) is 4.07. The zero-order chi connectivity index (χ0) is 25.2. The number of aromatic nitrogens is 3. The Hall–Kier alpha value is -3.79. The number of carbonyl (C=O) groups excluding carboxylic acids is 2. The van der Waals surface area contributed by atoms with E-state index in [1.54, 1.807) is 44.6 Å². The molecule has 0 unspecified atom stereocenters. The van der Waals surface area contributed by atoms with E-state index < -0.39 is 0 Å². The van der Waals surface area contributed by atoms with Crippen LogP contribution in [0.3, 0.4) is 0 Å². The van der Waals surface area contributed by atoms with Gasteiger partial charge in [-0.05, 0) is 48.9 Å². The number of nitrogens with zero attached hydrogens (tertiary/aromatic N) is 3. The van der Waals surface area contributed by atoms with Crippen LogP contribution in [-0.4, -0.2) is 46.6 Å². The zero-order valence-corrected chi connectivity index (χ0v) is 20.8. The van der Waals surface area contributed by atoms with Gasteiger partial charge >= 0.3 is 0 Å². The molecule has 2 aromatic carbocycles. The number of carbonyl (C=O) groups is 2. The maximum Gasteiger partial charge on any atom is 0.234 e. The van der Waals surface area contributed by atoms with Crippen LogP contribution in [0.25, 0.3) is 0 Å². The minimum atomic E-state index is -0.379. The topological polar surface area (TPSA) is 107 Å². The molecule has 2 N–H and O–H groups in total. The van der Waals surface area contributed by atoms with Crippen LogP contribution in [0.1, 0.15) is 24.4 Å². The highest BCUT2D eigenvalue weighted by molar-refractivity contribution is 7.99. The second-order valence-electron chi connectivity index (χ2n) is 7.62. The van der Waals surface area contributed by atoms with Gasteiger partial charge in [0, 0.05) is 12.2 Å². The summed E-state index contributed by atoms with van der Waals surface area (Å²) < 4.78 is 12.1. The summed E-state index contributed by atoms with van der Waals surface area (Å²) >= 11 is 1.27. The van der Waals surface area contributed by atoms with E-state index in [0.717, 1.165) is 11.3 Å². The van der Waals surface area contributed by atoms with E-state index in [0.29, 0.717) is 29.0 Å². The number of nitrogens with one attached hydrogen (secondary N) is 2. The number of anilines is 1. The van der Waals surface area contributed by atoms with Gasteiger partial charge in [0.15, 0.2) is 11.0 Å². The van der Waals surface area contributed by atoms with Crippen molar-refractivity contribution < 1.29 is 19.1 Å². The Morgan fingerprint density at radius 2 is 1.66 bits per heavy atom. The highest BCUT2D eigenvalue weighted by Crippen LogP contribution is 2.22. The molecule has 0 spiro atoms. The molecule has 3 aromatic rings. The van der Waals surface area contributed by atoms with Crippen LogP contribution >= 0.6 is 11.8 Å². The Bertz CT molecular complexity index is 1150. The minimum Gasteiger partial charge on any atom is -0.497 e. The second-order valence-corrected chi connectivity index (χ2v) is 8.56. The first-order valence-corrected chi connectivity index (χ1v) is 11.9. The van der Waals surface area contributed by atoms with E-state index in [4.69, 9.17) is 9.47 Å². The molecule has 0 radical (unpaired) electrons. The number of ether oxygens (including phenoxy) is 2. The summed E-state index contributed by atoms with van der Waals surface area (Å²) in [5.74, 6) is 1.89. The van der Waals surface area contributed by atoms with Gasteiger partial charge in [0.1, 0.15) is 11.5 Å². The van der Waals surface area contributed by atoms with Crippen molar-refractivity contribution in [2.75, 3.05) is 25.3 Å². The van der Waals surface area contributed by atoms with Crippen molar-refractivity contribution in [2.24, 2.45) is 0 Å². The Labute approximate surface area is 208 Å². The summed E-state index contributed by atoms with van der Waals surface area (Å²) in [4.78, 5) is 25.0. The number of thioether (sulfide) groups is 1. The number of hydrogen-bond donors (Lipinski definition) is 2. The van der Waals surface area contributed by atoms with Crippen molar-refractivity contribution in [3.8, 4) is 11.5 Å². The van der Waals surface area contributed by atoms with Gasteiger partial charge < -0.3 is 24.7 Å². The average molecular weight is 496 g/mol. The van der Waals surface area contributed by atoms with Crippen molar-refractivity contribution in [3.05, 3.63) is 72.6 Å². The summed E-state index contributed by atoms with van der Waals surface area (Å²) in [5.41, 5.74) is 1.56. The minimum absolute atomic E-state index is 0.135. The summed E-state index contributed by atoms with van der Waals surface area (Å²) in [6.07, 6.45) is 1.96. The lowest BCUT2D eigenvalue weighted by atomic mass is 10.1. The largest absolute Gasteiger partial charge is 0.497 e. The van der Waals surface area contributed by atoms with Gasteiger partial charge in [0.2, 0.25) is 11.8 Å². The van der Waals surface area contributed by atoms with Crippen LogP contribution in [0.15, 0.2) is 66.3 Å². The van der Waals surface area contributed by atoms with Gasteiger partial charge in [0.05, 0.1) is 32.4 Å². The molecule has 0 bridgehead atoms. The predicted octanol–water partition coefficient (Wildman–Crippen LogP) is 3.63. The molecule has 0 aliphatic carbocycles. The van der Waals surface area contributed by atoms with E-state index in [1.807, 2.05) is 35.8 Å². The molecule has 1 aromatic heterocycles. The highest BCUT2D eigenvalue weighted by Gasteiger charge is 2.20. The molecule has 0 saturated carbocycles. The third-order valence-electron chi connectivity index (χ3n) is 5.05. The molecular formula is C25H29N5O4S. The molecule has 184 valence electrons. The molecule has 0 saturated heterocycles. The number of methoxy groups -OCH3 is 2. The van der Waals surface area contributed by atoms with E-state index >= 15 is 0 Å². The third-order valence-corrected chi connectivity index (χ3v) is 6.02. The van der Waals surface area contributed by atoms with E-state index in [-0.39, 0.29) is 30.0 Å². The van der Waals surface area contributed by atoms with E-state index in [2.05, 4.69) is 27.4 Å². The molecule has 10 heteroatoms. The normalized spacial score (nSPS) is 11.4. The lowest BCUT2D eigenvalue weighted by Gasteiger charge is -2.15. The second kappa shape index (κ2) is 12.6. The standard InChI is InChI=1S/C25H29N5O4S/c1-5-14-30-24(17(2)26-22(31)15-18-6-10-20(33-3)11-7-18)28-29-25(30)35-16-23(32)27-19-8-12-21(34-4)13-9-19/h5-13,17H,1,14-16H2,2-4H3,(H,26,31)(H,27,32)/t17-/m1/s1. The van der Waals surface area contributed by atoms with Crippen molar-refractivity contribution in [3.63, 3.8) is 0 Å². The fourth-order valence-electron chi connectivity index (χ4n) is 3.32. The number of amides is 2. The summed E-state index contributed by atoms with van der Waals surface area (Å²) in [6, 6.07) is 14.1. The van der Waals surface area contributed by atoms with Gasteiger partial charge in [-0.3, -0.25) is 9.59 Å². The Morgan fingerprint density at radius 1 is 1.03 bits per heavy atom. The molecular weight excluding hydrogens is 466 g/mol. The van der Waals surface area contributed by atoms with Crippen LogP contribution in [0.2, 0.25) is 0 Å². The smallest absolute Gasteiger partial charge is 0.234 e. The van der Waals surface area contributed by atoms with Crippen molar-refractivity contribution in [1.82, 2.24) is 20.1 Å². The summed E-state index contributed by atoms with van der Waals surface area (Å²) in [5, 5.41) is 14.9. The SMILES string of the molecule is C=CCn1c(SCC(=O)Nc2ccc(OC)cc2)nnc1[C@@H](C)NC(=O)Cc1ccc(OC)cc1. The molecule has 0 fully saturated rings. The lowest BCUT2D eigenvalue weighted by molar-refractivity contribution is -0.121. The van der Waals surface area contributed by atoms with Gasteiger partial charge in [-0.2, -0.15) is 0 Å². The molecule has 3 rings (SSSR count). The number of allylic oxidation sites excluding steroid dienone is 1. The van der Waals surface area contributed by atoms with E-state index in [1.165, 1.54) is 11.8 Å². The molecule has 1 heterocycles. The zero-order valence-electron chi connectivity index (χ0n) is 20.0. The summed E-state index contributed by atoms with van der Waals surface area (Å²) in [6.45, 7) is 6.10. The average Bonchev–Trinajstić information content (AvgIpc) is 3.26. The number of rotatable bonds is 12. The number of hydrogen-bond acceptors (Lipinski definition) is 7. The molecule has 0 aliphatic rings. The molecule has 35 heavy (non-hydrogen) atoms. The monoisotopic (exact) mass is 495 g/mol. The van der Waals surface area contributed by atoms with Crippen LogP contribution in [0.4, 0.5) is 5.69 Å². The van der Waals surface area contributed by atoms with Gasteiger partial charge in [0.25, 0.3) is 0 Å². The number of benzene rings is 2. The maximum absolute atomic E-state index is 12.6. The first-order valence-electron chi connectivity index (χ1n) is 11.0. The van der Waals surface area contributed by atoms with E-state index in [9.17, 15) is 9.59 Å². The first kappa shape index (κ1) is 25.8. The third kappa shape index (κ3) is 7.35. The highest BCUT2D eigenvalue weighted by atomic mass is 32.2. The molecule has 9 nitrogen and oxygen atoms in total. The van der Waals surface area contributed by atoms with Crippen LogP contribution in [0.5, 0.6) is 11.5 Å². The van der Waals surface area contributed by atoms with Crippen LogP contribution in [0, 0.1) is 0 Å². The van der Waals surface area contributed by atoms with Crippen molar-refractivity contribution in [1.29, 1.82) is 0 Å². The van der Waals surface area contributed by atoms with Gasteiger partial charge in [-0.25, -0.2) is 0 Å². The first-order chi connectivity index (χ1) is 16.9. The molecule has 1 atom stereocenters. The van der Waals surface area contributed by atoms with Crippen molar-refractivity contribution >= 4 is 29.3 Å². The molecule has 2 amide bonds. The van der Waals surface area contributed by atoms with Gasteiger partial charge in [-0.1, -0.05) is 30.0 Å². The maximum atomic E-state index is 12.6. The fraction of sp³-hybridized carbons (Fsp3) is 0.280. The van der Waals surface area contributed by atoms with Crippen LogP contribution < -0.4 is 20.1 Å². The predicted molar refractivity (Wildman–Crippen MR) is 136 cm³/mol. The Balaban J connectivity index is 1.59. The Kier molecular flexibility index (Phi) is 9.31. The summed E-state index contributed by atoms with van der Waals surface area (Å²) in [7, 11) is 3.19. The quantitative estimate of drug-likeness (QED) is 0.292. The molecule has 0 aliphatic heterocycles. The van der Waals surface area contributed by atoms with Crippen LogP contribution in [-0.2, 0) is 22.6 Å². The lowest BCUT2D eigenvalue weighted by Crippen LogP contribution is -2.30. The van der Waals surface area contributed by atoms with Crippen molar-refractivity contribution in [2.45, 2.75) is 31.1 Å².